The van der Waals surface area contributed by atoms with Crippen LogP contribution in [-0.2, 0) is 4.74 Å². The van der Waals surface area contributed by atoms with Gasteiger partial charge in [-0.2, -0.15) is 0 Å². The van der Waals surface area contributed by atoms with E-state index in [9.17, 15) is 9.59 Å². The van der Waals surface area contributed by atoms with Crippen LogP contribution >= 0.6 is 22.9 Å². The second kappa shape index (κ2) is 10.2. The molecule has 0 aliphatic carbocycles. The van der Waals surface area contributed by atoms with Crippen LogP contribution in [0.3, 0.4) is 0 Å². The molecule has 8 heteroatoms. The summed E-state index contributed by atoms with van der Waals surface area (Å²) in [5.41, 5.74) is 3.24. The Kier molecular flexibility index (Phi) is 7.64. The van der Waals surface area contributed by atoms with Gasteiger partial charge in [0.2, 0.25) is 0 Å². The van der Waals surface area contributed by atoms with E-state index in [1.54, 1.807) is 6.08 Å². The Morgan fingerprint density at radius 2 is 2.00 bits per heavy atom. The molecule has 0 saturated carbocycles. The number of hydrogen-bond donors (Lipinski definition) is 0. The summed E-state index contributed by atoms with van der Waals surface area (Å²) in [4.78, 5) is 32.5. The largest absolute Gasteiger partial charge is 0.460 e. The van der Waals surface area contributed by atoms with Crippen LogP contribution in [-0.4, -0.2) is 46.5 Å². The summed E-state index contributed by atoms with van der Waals surface area (Å²) in [7, 11) is 0. The summed E-state index contributed by atoms with van der Waals surface area (Å²) in [5, 5.41) is 0.0123. The fourth-order valence-corrected chi connectivity index (χ4v) is 4.20. The maximum atomic E-state index is 12.7. The van der Waals surface area contributed by atoms with Crippen LogP contribution in [0.15, 0.2) is 29.2 Å². The zero-order chi connectivity index (χ0) is 22.5. The number of carbonyl (C=O) groups excluding carboxylic acids is 1. The van der Waals surface area contributed by atoms with Crippen LogP contribution in [0.25, 0.3) is 17.1 Å². The van der Waals surface area contributed by atoms with Crippen LogP contribution in [0.5, 0.6) is 0 Å². The van der Waals surface area contributed by atoms with Crippen molar-refractivity contribution in [2.24, 2.45) is 0 Å². The van der Waals surface area contributed by atoms with E-state index in [1.165, 1.54) is 10.6 Å². The Bertz CT molecular complexity index is 1180. The van der Waals surface area contributed by atoms with Gasteiger partial charge in [0.05, 0.1) is 5.69 Å². The van der Waals surface area contributed by atoms with Crippen molar-refractivity contribution >= 4 is 46.0 Å². The second-order valence-electron chi connectivity index (χ2n) is 7.22. The molecule has 0 spiro atoms. The number of ether oxygens (including phenoxy) is 1. The molecule has 3 aromatic rings. The zero-order valence-electron chi connectivity index (χ0n) is 18.1. The highest BCUT2D eigenvalue weighted by molar-refractivity contribution is 7.18. The molecule has 0 aliphatic rings. The number of carbonyl (C=O) groups is 1. The van der Waals surface area contributed by atoms with E-state index in [1.807, 2.05) is 32.1 Å². The average molecular weight is 460 g/mol. The van der Waals surface area contributed by atoms with Gasteiger partial charge in [-0.1, -0.05) is 66.6 Å². The Morgan fingerprint density at radius 3 is 2.71 bits per heavy atom. The predicted octanol–water partition coefficient (Wildman–Crippen LogP) is 4.70. The highest BCUT2D eigenvalue weighted by atomic mass is 35.5. The van der Waals surface area contributed by atoms with Crippen LogP contribution in [0, 0.1) is 13.8 Å². The Hall–Kier alpha value is -2.48. The third-order valence-corrected chi connectivity index (χ3v) is 6.41. The number of halogens is 1. The summed E-state index contributed by atoms with van der Waals surface area (Å²) in [5.74, 6) is -0.467. The number of aryl methyl sites for hydroxylation is 2. The van der Waals surface area contributed by atoms with Gasteiger partial charge >= 0.3 is 5.97 Å². The van der Waals surface area contributed by atoms with Crippen molar-refractivity contribution < 1.29 is 9.53 Å². The lowest BCUT2D eigenvalue weighted by Gasteiger charge is -2.17. The van der Waals surface area contributed by atoms with Gasteiger partial charge in [-0.15, -0.1) is 0 Å². The van der Waals surface area contributed by atoms with Crippen molar-refractivity contribution in [3.05, 3.63) is 67.0 Å². The van der Waals surface area contributed by atoms with E-state index < -0.39 is 11.5 Å². The molecule has 0 aliphatic heterocycles. The van der Waals surface area contributed by atoms with Crippen molar-refractivity contribution in [1.82, 2.24) is 14.3 Å². The van der Waals surface area contributed by atoms with E-state index in [4.69, 9.17) is 16.3 Å². The lowest BCUT2D eigenvalue weighted by atomic mass is 10.1. The molecule has 6 nitrogen and oxygen atoms in total. The molecule has 2 aromatic heterocycles. The third-order valence-electron chi connectivity index (χ3n) is 5.09. The van der Waals surface area contributed by atoms with Crippen molar-refractivity contribution in [2.75, 3.05) is 26.2 Å². The Balaban J connectivity index is 1.84. The number of thiazole rings is 1. The number of aromatic nitrogens is 2. The number of rotatable bonds is 8. The first kappa shape index (κ1) is 23.2. The molecule has 0 amide bonds. The minimum absolute atomic E-state index is 0.0123. The first-order chi connectivity index (χ1) is 14.8. The molecule has 164 valence electrons. The highest BCUT2D eigenvalue weighted by Gasteiger charge is 2.17. The molecule has 0 fully saturated rings. The third kappa shape index (κ3) is 5.42. The molecule has 0 radical (unpaired) electrons. The molecule has 0 atom stereocenters. The molecule has 1 aromatic carbocycles. The van der Waals surface area contributed by atoms with Crippen molar-refractivity contribution in [2.45, 2.75) is 27.7 Å². The van der Waals surface area contributed by atoms with Crippen LogP contribution in [0.4, 0.5) is 0 Å². The molecular weight excluding hydrogens is 434 g/mol. The first-order valence-electron chi connectivity index (χ1n) is 10.2. The molecule has 0 N–H and O–H groups in total. The molecule has 2 heterocycles. The normalized spacial score (nSPS) is 11.7. The van der Waals surface area contributed by atoms with Gasteiger partial charge < -0.3 is 9.64 Å². The number of nitrogens with zero attached hydrogens (tertiary/aromatic N) is 3. The van der Waals surface area contributed by atoms with E-state index >= 15 is 0 Å². The van der Waals surface area contributed by atoms with Gasteiger partial charge in [-0.25, -0.2) is 9.78 Å². The summed E-state index contributed by atoms with van der Waals surface area (Å²) in [6, 6.07) is 6.15. The van der Waals surface area contributed by atoms with E-state index in [2.05, 4.69) is 29.8 Å². The van der Waals surface area contributed by atoms with Crippen LogP contribution in [0.2, 0.25) is 5.02 Å². The summed E-state index contributed by atoms with van der Waals surface area (Å²) >= 11 is 7.40. The molecule has 0 saturated heterocycles. The van der Waals surface area contributed by atoms with Crippen molar-refractivity contribution in [3.8, 4) is 0 Å². The monoisotopic (exact) mass is 459 g/mol. The van der Waals surface area contributed by atoms with Crippen molar-refractivity contribution in [1.29, 1.82) is 0 Å². The average Bonchev–Trinajstić information content (AvgIpc) is 3.19. The number of hydrogen-bond acceptors (Lipinski definition) is 6. The van der Waals surface area contributed by atoms with Crippen LogP contribution in [0.1, 0.15) is 45.9 Å². The number of likely N-dealkylation sites (N-methyl/N-ethyl adjacent to an activating group) is 1. The quantitative estimate of drug-likeness (QED) is 0.457. The van der Waals surface area contributed by atoms with E-state index in [0.717, 1.165) is 41.1 Å². The SMILES string of the molecule is CCN(CC)CCOC(=O)c1cn2c(=O)c(Cl)c(C=Cc3cc(C)ccc3C)nc2s1. The van der Waals surface area contributed by atoms with Gasteiger partial charge in [0.15, 0.2) is 4.96 Å². The maximum absolute atomic E-state index is 12.7. The van der Waals surface area contributed by atoms with Crippen LogP contribution < -0.4 is 5.56 Å². The molecule has 0 unspecified atom stereocenters. The maximum Gasteiger partial charge on any atom is 0.350 e. The highest BCUT2D eigenvalue weighted by Crippen LogP contribution is 2.21. The summed E-state index contributed by atoms with van der Waals surface area (Å²) in [6.45, 7) is 10.9. The second-order valence-corrected chi connectivity index (χ2v) is 8.61. The number of fused-ring (bicyclic) bond motifs is 1. The molecule has 31 heavy (non-hydrogen) atoms. The molecule has 3 rings (SSSR count). The predicted molar refractivity (Wildman–Crippen MR) is 127 cm³/mol. The lowest BCUT2D eigenvalue weighted by molar-refractivity contribution is 0.0471. The van der Waals surface area contributed by atoms with E-state index in [-0.39, 0.29) is 5.02 Å². The Labute approximate surface area is 190 Å². The first-order valence-corrected chi connectivity index (χ1v) is 11.4. The molecule has 0 bridgehead atoms. The topological polar surface area (TPSA) is 63.9 Å². The van der Waals surface area contributed by atoms with Gasteiger partial charge in [-0.05, 0) is 44.1 Å². The standard InChI is InChI=1S/C23H26ClN3O3S/c1-5-26(6-2)11-12-30-22(29)19-14-27-21(28)20(24)18(25-23(27)31-19)10-9-17-13-15(3)7-8-16(17)4/h7-10,13-14H,5-6,11-12H2,1-4H3. The van der Waals surface area contributed by atoms with E-state index in [0.29, 0.717) is 28.7 Å². The summed E-state index contributed by atoms with van der Waals surface area (Å²) in [6.07, 6.45) is 5.06. The lowest BCUT2D eigenvalue weighted by Crippen LogP contribution is -2.27. The minimum atomic E-state index is -0.467. The van der Waals surface area contributed by atoms with Gasteiger partial charge in [-0.3, -0.25) is 9.20 Å². The number of esters is 1. The molecular formula is C23H26ClN3O3S. The number of benzene rings is 1. The Morgan fingerprint density at radius 1 is 1.26 bits per heavy atom. The fraction of sp³-hybridized carbons (Fsp3) is 0.348. The minimum Gasteiger partial charge on any atom is -0.460 e. The van der Waals surface area contributed by atoms with Gasteiger partial charge in [0.1, 0.15) is 16.5 Å². The van der Waals surface area contributed by atoms with Gasteiger partial charge in [0, 0.05) is 12.7 Å². The van der Waals surface area contributed by atoms with Crippen molar-refractivity contribution in [3.63, 3.8) is 0 Å². The zero-order valence-corrected chi connectivity index (χ0v) is 19.7. The fourth-order valence-electron chi connectivity index (χ4n) is 3.13. The van der Waals surface area contributed by atoms with Gasteiger partial charge in [0.25, 0.3) is 5.56 Å². The summed E-state index contributed by atoms with van der Waals surface area (Å²) < 4.78 is 6.66. The smallest absolute Gasteiger partial charge is 0.350 e.